The Morgan fingerprint density at radius 1 is 1.29 bits per heavy atom. The van der Waals surface area contributed by atoms with Crippen LogP contribution in [-0.2, 0) is 13.0 Å². The van der Waals surface area contributed by atoms with Crippen molar-refractivity contribution in [2.75, 3.05) is 0 Å². The second kappa shape index (κ2) is 3.95. The van der Waals surface area contributed by atoms with E-state index in [0.29, 0.717) is 42.5 Å². The van der Waals surface area contributed by atoms with E-state index in [2.05, 4.69) is 4.98 Å². The molecular formula is C13H13FN2O. The lowest BCUT2D eigenvalue weighted by Crippen LogP contribution is -2.24. The number of nitrogens with zero attached hydrogens (tertiary/aromatic N) is 2. The van der Waals surface area contributed by atoms with Crippen LogP contribution in [0, 0.1) is 0 Å². The van der Waals surface area contributed by atoms with Crippen LogP contribution in [-0.4, -0.2) is 15.7 Å². The minimum atomic E-state index is -0.820. The molecule has 0 N–H and O–H groups in total. The summed E-state index contributed by atoms with van der Waals surface area (Å²) in [5.74, 6) is 0.717. The van der Waals surface area contributed by atoms with E-state index in [9.17, 15) is 9.18 Å². The summed E-state index contributed by atoms with van der Waals surface area (Å²) in [5, 5.41) is 0.619. The summed E-state index contributed by atoms with van der Waals surface area (Å²) < 4.78 is 15.0. The standard InChI is InChI=1S/C13H13FN2O/c14-9-5-6-12-15-11-4-2-1-3-10(11)13(17)16(12)8-7-9/h1-4,9H,5-8H2. The van der Waals surface area contributed by atoms with Gasteiger partial charge in [-0.15, -0.1) is 0 Å². The Morgan fingerprint density at radius 2 is 2.12 bits per heavy atom. The molecular weight excluding hydrogens is 219 g/mol. The lowest BCUT2D eigenvalue weighted by Gasteiger charge is -2.09. The zero-order valence-corrected chi connectivity index (χ0v) is 9.40. The molecule has 88 valence electrons. The van der Waals surface area contributed by atoms with Crippen LogP contribution < -0.4 is 5.56 Å². The third-order valence-corrected chi connectivity index (χ3v) is 3.29. The Labute approximate surface area is 97.9 Å². The highest BCUT2D eigenvalue weighted by molar-refractivity contribution is 5.77. The first-order valence-corrected chi connectivity index (χ1v) is 5.88. The van der Waals surface area contributed by atoms with E-state index in [-0.39, 0.29) is 5.56 Å². The molecule has 1 aromatic carbocycles. The molecule has 0 radical (unpaired) electrons. The van der Waals surface area contributed by atoms with Crippen LogP contribution >= 0.6 is 0 Å². The number of hydrogen-bond donors (Lipinski definition) is 0. The number of alkyl halides is 1. The second-order valence-electron chi connectivity index (χ2n) is 4.43. The van der Waals surface area contributed by atoms with Crippen molar-refractivity contribution in [3.05, 3.63) is 40.4 Å². The van der Waals surface area contributed by atoms with E-state index in [4.69, 9.17) is 0 Å². The Balaban J connectivity index is 2.25. The van der Waals surface area contributed by atoms with E-state index in [1.807, 2.05) is 18.2 Å². The summed E-state index contributed by atoms with van der Waals surface area (Å²) in [4.78, 5) is 16.7. The number of benzene rings is 1. The molecule has 0 fully saturated rings. The van der Waals surface area contributed by atoms with Crippen molar-refractivity contribution in [3.8, 4) is 0 Å². The van der Waals surface area contributed by atoms with Crippen LogP contribution in [0.3, 0.4) is 0 Å². The smallest absolute Gasteiger partial charge is 0.261 e. The first-order valence-electron chi connectivity index (χ1n) is 5.88. The van der Waals surface area contributed by atoms with Gasteiger partial charge in [0, 0.05) is 13.0 Å². The van der Waals surface area contributed by atoms with E-state index < -0.39 is 6.17 Å². The summed E-state index contributed by atoms with van der Waals surface area (Å²) >= 11 is 0. The quantitative estimate of drug-likeness (QED) is 0.697. The first-order chi connectivity index (χ1) is 8.25. The topological polar surface area (TPSA) is 34.9 Å². The van der Waals surface area contributed by atoms with Crippen molar-refractivity contribution >= 4 is 10.9 Å². The van der Waals surface area contributed by atoms with Gasteiger partial charge in [0.1, 0.15) is 12.0 Å². The molecule has 0 saturated carbocycles. The summed E-state index contributed by atoms with van der Waals surface area (Å²) in [7, 11) is 0. The molecule has 1 aliphatic rings. The van der Waals surface area contributed by atoms with E-state index in [1.54, 1.807) is 10.6 Å². The van der Waals surface area contributed by atoms with E-state index >= 15 is 0 Å². The normalized spacial score (nSPS) is 19.9. The van der Waals surface area contributed by atoms with Gasteiger partial charge in [-0.25, -0.2) is 9.37 Å². The SMILES string of the molecule is O=c1c2ccccc2nc2n1CCC(F)CC2. The predicted molar refractivity (Wildman–Crippen MR) is 63.8 cm³/mol. The highest BCUT2D eigenvalue weighted by Gasteiger charge is 2.18. The van der Waals surface area contributed by atoms with Crippen molar-refractivity contribution in [1.82, 2.24) is 9.55 Å². The number of rotatable bonds is 0. The lowest BCUT2D eigenvalue weighted by molar-refractivity contribution is 0.296. The van der Waals surface area contributed by atoms with Gasteiger partial charge < -0.3 is 0 Å². The Hall–Kier alpha value is -1.71. The van der Waals surface area contributed by atoms with Crippen molar-refractivity contribution in [2.45, 2.75) is 32.0 Å². The average Bonchev–Trinajstić information content (AvgIpc) is 2.53. The number of halogens is 1. The largest absolute Gasteiger partial charge is 0.296 e. The molecule has 4 heteroatoms. The van der Waals surface area contributed by atoms with Gasteiger partial charge in [0.25, 0.3) is 5.56 Å². The van der Waals surface area contributed by atoms with Crippen LogP contribution in [0.4, 0.5) is 4.39 Å². The van der Waals surface area contributed by atoms with Gasteiger partial charge in [0.15, 0.2) is 0 Å². The van der Waals surface area contributed by atoms with Crippen LogP contribution in [0.2, 0.25) is 0 Å². The van der Waals surface area contributed by atoms with Crippen molar-refractivity contribution in [2.24, 2.45) is 0 Å². The highest BCUT2D eigenvalue weighted by Crippen LogP contribution is 2.16. The van der Waals surface area contributed by atoms with Gasteiger partial charge in [-0.2, -0.15) is 0 Å². The van der Waals surface area contributed by atoms with Crippen LogP contribution in [0.5, 0.6) is 0 Å². The number of aromatic nitrogens is 2. The maximum Gasteiger partial charge on any atom is 0.261 e. The third-order valence-electron chi connectivity index (χ3n) is 3.29. The number of aryl methyl sites for hydroxylation is 1. The van der Waals surface area contributed by atoms with Gasteiger partial charge in [-0.1, -0.05) is 12.1 Å². The predicted octanol–water partition coefficient (Wildman–Crippen LogP) is 2.07. The van der Waals surface area contributed by atoms with Crippen LogP contribution in [0.15, 0.2) is 29.1 Å². The van der Waals surface area contributed by atoms with Crippen molar-refractivity contribution in [3.63, 3.8) is 0 Å². The summed E-state index contributed by atoms with van der Waals surface area (Å²) in [6.45, 7) is 0.438. The monoisotopic (exact) mass is 232 g/mol. The maximum absolute atomic E-state index is 13.3. The first kappa shape index (κ1) is 10.4. The molecule has 1 unspecified atom stereocenters. The van der Waals surface area contributed by atoms with Gasteiger partial charge >= 0.3 is 0 Å². The Kier molecular flexibility index (Phi) is 2.42. The second-order valence-corrected chi connectivity index (χ2v) is 4.43. The molecule has 1 aliphatic heterocycles. The summed E-state index contributed by atoms with van der Waals surface area (Å²) in [6.07, 6.45) is 0.595. The molecule has 0 aliphatic carbocycles. The van der Waals surface area contributed by atoms with Crippen molar-refractivity contribution < 1.29 is 4.39 Å². The fourth-order valence-electron chi connectivity index (χ4n) is 2.33. The molecule has 2 aromatic rings. The van der Waals surface area contributed by atoms with Crippen molar-refractivity contribution in [1.29, 1.82) is 0 Å². The third kappa shape index (κ3) is 1.73. The van der Waals surface area contributed by atoms with Gasteiger partial charge in [0.2, 0.25) is 0 Å². The molecule has 1 atom stereocenters. The van der Waals surface area contributed by atoms with Crippen LogP contribution in [0.1, 0.15) is 18.7 Å². The molecule has 0 amide bonds. The van der Waals surface area contributed by atoms with Gasteiger partial charge in [0.05, 0.1) is 10.9 Å². The molecule has 0 bridgehead atoms. The number of fused-ring (bicyclic) bond motifs is 2. The molecule has 3 nitrogen and oxygen atoms in total. The fourth-order valence-corrected chi connectivity index (χ4v) is 2.33. The lowest BCUT2D eigenvalue weighted by atomic mass is 10.2. The minimum Gasteiger partial charge on any atom is -0.296 e. The van der Waals surface area contributed by atoms with Gasteiger partial charge in [-0.3, -0.25) is 9.36 Å². The molecule has 0 spiro atoms. The van der Waals surface area contributed by atoms with E-state index in [0.717, 1.165) is 0 Å². The zero-order chi connectivity index (χ0) is 11.8. The Morgan fingerprint density at radius 3 is 3.00 bits per heavy atom. The Bertz CT molecular complexity index is 620. The maximum atomic E-state index is 13.3. The zero-order valence-electron chi connectivity index (χ0n) is 9.40. The molecule has 2 heterocycles. The molecule has 0 saturated heterocycles. The van der Waals surface area contributed by atoms with Crippen LogP contribution in [0.25, 0.3) is 10.9 Å². The fraction of sp³-hybridized carbons (Fsp3) is 0.385. The molecule has 1 aromatic heterocycles. The number of para-hydroxylation sites is 1. The average molecular weight is 232 g/mol. The minimum absolute atomic E-state index is 0.0419. The van der Waals surface area contributed by atoms with Gasteiger partial charge in [-0.05, 0) is 25.0 Å². The summed E-state index contributed by atoms with van der Waals surface area (Å²) in [5.41, 5.74) is 0.667. The number of hydrogen-bond acceptors (Lipinski definition) is 2. The summed E-state index contributed by atoms with van der Waals surface area (Å²) in [6, 6.07) is 7.29. The molecule has 17 heavy (non-hydrogen) atoms. The molecule has 3 rings (SSSR count). The van der Waals surface area contributed by atoms with E-state index in [1.165, 1.54) is 0 Å². The highest BCUT2D eigenvalue weighted by atomic mass is 19.1.